The average Bonchev–Trinajstić information content (AvgIpc) is 2.88. The van der Waals surface area contributed by atoms with E-state index in [9.17, 15) is 0 Å². The highest BCUT2D eigenvalue weighted by Gasteiger charge is 2.25. The highest BCUT2D eigenvalue weighted by Crippen LogP contribution is 2.28. The summed E-state index contributed by atoms with van der Waals surface area (Å²) in [4.78, 5) is 2.43. The average molecular weight is 274 g/mol. The van der Waals surface area contributed by atoms with Gasteiger partial charge < -0.3 is 15.0 Å². The number of hydrogen-bond acceptors (Lipinski definition) is 3. The zero-order chi connectivity index (χ0) is 13.9. The number of likely N-dealkylation sites (tertiary alicyclic amines) is 1. The van der Waals surface area contributed by atoms with Crippen LogP contribution in [0.5, 0.6) is 5.75 Å². The first kappa shape index (κ1) is 13.9. The fourth-order valence-electron chi connectivity index (χ4n) is 3.38. The number of piperidine rings is 1. The first-order valence-corrected chi connectivity index (χ1v) is 7.89. The van der Waals surface area contributed by atoms with Crippen LogP contribution in [0, 0.1) is 5.92 Å². The highest BCUT2D eigenvalue weighted by molar-refractivity contribution is 5.37. The maximum atomic E-state index is 5.99. The molecule has 0 spiro atoms. The van der Waals surface area contributed by atoms with Gasteiger partial charge in [-0.1, -0.05) is 18.2 Å². The summed E-state index contributed by atoms with van der Waals surface area (Å²) in [5.41, 5.74) is 1.35. The lowest BCUT2D eigenvalue weighted by molar-refractivity contribution is 0.173. The van der Waals surface area contributed by atoms with Gasteiger partial charge in [0.2, 0.25) is 0 Å². The number of benzene rings is 1. The van der Waals surface area contributed by atoms with Crippen LogP contribution in [-0.4, -0.2) is 43.7 Å². The Morgan fingerprint density at radius 3 is 2.80 bits per heavy atom. The summed E-state index contributed by atoms with van der Waals surface area (Å²) in [6, 6.07) is 9.00. The molecule has 3 heteroatoms. The van der Waals surface area contributed by atoms with E-state index in [1.807, 2.05) is 0 Å². The Bertz CT molecular complexity index is 415. The number of fused-ring (bicyclic) bond motifs is 1. The van der Waals surface area contributed by atoms with Gasteiger partial charge in [0.15, 0.2) is 0 Å². The number of rotatable bonds is 4. The summed E-state index contributed by atoms with van der Waals surface area (Å²) < 4.78 is 5.99. The Hall–Kier alpha value is -1.06. The zero-order valence-corrected chi connectivity index (χ0v) is 12.6. The monoisotopic (exact) mass is 274 g/mol. The third kappa shape index (κ3) is 3.15. The van der Waals surface area contributed by atoms with E-state index >= 15 is 0 Å². The molecule has 110 valence electrons. The van der Waals surface area contributed by atoms with Crippen molar-refractivity contribution in [2.75, 3.05) is 26.7 Å². The maximum absolute atomic E-state index is 5.99. The van der Waals surface area contributed by atoms with Crippen LogP contribution < -0.4 is 10.1 Å². The smallest absolute Gasteiger partial charge is 0.123 e. The van der Waals surface area contributed by atoms with Crippen LogP contribution in [0.15, 0.2) is 24.3 Å². The molecule has 1 N–H and O–H groups in total. The van der Waals surface area contributed by atoms with Crippen LogP contribution in [0.1, 0.15) is 25.3 Å². The van der Waals surface area contributed by atoms with E-state index in [0.29, 0.717) is 12.1 Å². The number of ether oxygens (including phenoxy) is 1. The van der Waals surface area contributed by atoms with Gasteiger partial charge in [-0.3, -0.25) is 0 Å². The molecule has 2 heterocycles. The molecule has 3 nitrogen and oxygen atoms in total. The molecule has 2 aliphatic heterocycles. The van der Waals surface area contributed by atoms with Gasteiger partial charge in [0.05, 0.1) is 0 Å². The van der Waals surface area contributed by atoms with E-state index in [1.165, 1.54) is 31.5 Å². The quantitative estimate of drug-likeness (QED) is 0.912. The van der Waals surface area contributed by atoms with Gasteiger partial charge in [0, 0.05) is 19.0 Å². The van der Waals surface area contributed by atoms with E-state index in [0.717, 1.165) is 24.6 Å². The lowest BCUT2D eigenvalue weighted by Gasteiger charge is -2.33. The normalized spacial score (nSPS) is 25.2. The van der Waals surface area contributed by atoms with Crippen LogP contribution in [0.25, 0.3) is 0 Å². The molecular formula is C17H26N2O. The van der Waals surface area contributed by atoms with E-state index < -0.39 is 0 Å². The van der Waals surface area contributed by atoms with Crippen molar-refractivity contribution in [1.82, 2.24) is 10.2 Å². The molecule has 2 atom stereocenters. The lowest BCUT2D eigenvalue weighted by Crippen LogP contribution is -2.43. The summed E-state index contributed by atoms with van der Waals surface area (Å²) in [7, 11) is 2.22. The Morgan fingerprint density at radius 1 is 1.30 bits per heavy atom. The molecule has 0 aromatic heterocycles. The molecule has 2 aliphatic rings. The van der Waals surface area contributed by atoms with Crippen molar-refractivity contribution >= 4 is 0 Å². The summed E-state index contributed by atoms with van der Waals surface area (Å²) in [5, 5.41) is 3.70. The largest absolute Gasteiger partial charge is 0.488 e. The number of para-hydroxylation sites is 1. The molecule has 0 amide bonds. The van der Waals surface area contributed by atoms with Crippen molar-refractivity contribution in [3.05, 3.63) is 29.8 Å². The Balaban J connectivity index is 1.44. The van der Waals surface area contributed by atoms with Gasteiger partial charge in [-0.25, -0.2) is 0 Å². The third-order valence-corrected chi connectivity index (χ3v) is 4.85. The van der Waals surface area contributed by atoms with Crippen LogP contribution >= 0.6 is 0 Å². The molecule has 1 aromatic rings. The van der Waals surface area contributed by atoms with Crippen LogP contribution in [-0.2, 0) is 6.42 Å². The van der Waals surface area contributed by atoms with E-state index in [4.69, 9.17) is 4.74 Å². The van der Waals surface area contributed by atoms with Crippen molar-refractivity contribution in [3.63, 3.8) is 0 Å². The topological polar surface area (TPSA) is 24.5 Å². The zero-order valence-electron chi connectivity index (χ0n) is 12.6. The van der Waals surface area contributed by atoms with Gasteiger partial charge in [0.1, 0.15) is 11.9 Å². The fourth-order valence-corrected chi connectivity index (χ4v) is 3.38. The van der Waals surface area contributed by atoms with Gasteiger partial charge in [-0.15, -0.1) is 0 Å². The van der Waals surface area contributed by atoms with Gasteiger partial charge in [0.25, 0.3) is 0 Å². The predicted molar refractivity (Wildman–Crippen MR) is 82.2 cm³/mol. The SMILES string of the molecule is CC(NCC1Cc2ccccc2O1)C1CCN(C)CC1. The number of nitrogens with one attached hydrogen (secondary N) is 1. The third-order valence-electron chi connectivity index (χ3n) is 4.85. The van der Waals surface area contributed by atoms with Crippen molar-refractivity contribution in [1.29, 1.82) is 0 Å². The van der Waals surface area contributed by atoms with Gasteiger partial charge in [-0.05, 0) is 57.5 Å². The Morgan fingerprint density at radius 2 is 2.05 bits per heavy atom. The summed E-state index contributed by atoms with van der Waals surface area (Å²) in [6.07, 6.45) is 3.98. The molecule has 3 rings (SSSR count). The van der Waals surface area contributed by atoms with Crippen LogP contribution in [0.4, 0.5) is 0 Å². The second kappa shape index (κ2) is 6.15. The summed E-state index contributed by atoms with van der Waals surface area (Å²) >= 11 is 0. The predicted octanol–water partition coefficient (Wildman–Crippen LogP) is 2.31. The van der Waals surface area contributed by atoms with Crippen molar-refractivity contribution in [2.45, 2.75) is 38.3 Å². The second-order valence-corrected chi connectivity index (χ2v) is 6.39. The van der Waals surface area contributed by atoms with Gasteiger partial charge in [-0.2, -0.15) is 0 Å². The lowest BCUT2D eigenvalue weighted by atomic mass is 9.90. The molecule has 0 aliphatic carbocycles. The molecule has 20 heavy (non-hydrogen) atoms. The first-order chi connectivity index (χ1) is 9.72. The van der Waals surface area contributed by atoms with E-state index in [2.05, 4.69) is 48.5 Å². The molecule has 0 bridgehead atoms. The molecule has 0 radical (unpaired) electrons. The highest BCUT2D eigenvalue weighted by atomic mass is 16.5. The standard InChI is InChI=1S/C17H26N2O/c1-13(14-7-9-19(2)10-8-14)18-12-16-11-15-5-3-4-6-17(15)20-16/h3-6,13-14,16,18H,7-12H2,1-2H3. The fraction of sp³-hybridized carbons (Fsp3) is 0.647. The molecule has 2 unspecified atom stereocenters. The van der Waals surface area contributed by atoms with Crippen molar-refractivity contribution < 1.29 is 4.74 Å². The van der Waals surface area contributed by atoms with Crippen molar-refractivity contribution in [2.24, 2.45) is 5.92 Å². The molecule has 0 saturated carbocycles. The number of nitrogens with zero attached hydrogens (tertiary/aromatic N) is 1. The Labute approximate surface area is 122 Å². The van der Waals surface area contributed by atoms with E-state index in [1.54, 1.807) is 0 Å². The minimum atomic E-state index is 0.307. The van der Waals surface area contributed by atoms with Crippen LogP contribution in [0.2, 0.25) is 0 Å². The van der Waals surface area contributed by atoms with E-state index in [-0.39, 0.29) is 0 Å². The minimum absolute atomic E-state index is 0.307. The summed E-state index contributed by atoms with van der Waals surface area (Å²) in [6.45, 7) is 5.77. The molecule has 1 saturated heterocycles. The van der Waals surface area contributed by atoms with Crippen molar-refractivity contribution in [3.8, 4) is 5.75 Å². The summed E-state index contributed by atoms with van der Waals surface area (Å²) in [5.74, 6) is 1.89. The molecule has 1 fully saturated rings. The maximum Gasteiger partial charge on any atom is 0.123 e. The Kier molecular flexibility index (Phi) is 4.27. The van der Waals surface area contributed by atoms with Gasteiger partial charge >= 0.3 is 0 Å². The molecular weight excluding hydrogens is 248 g/mol. The number of hydrogen-bond donors (Lipinski definition) is 1. The van der Waals surface area contributed by atoms with Crippen LogP contribution in [0.3, 0.4) is 0 Å². The second-order valence-electron chi connectivity index (χ2n) is 6.39. The first-order valence-electron chi connectivity index (χ1n) is 7.89. The molecule has 1 aromatic carbocycles. The minimum Gasteiger partial charge on any atom is -0.488 e.